The van der Waals surface area contributed by atoms with Gasteiger partial charge in [0.05, 0.1) is 5.52 Å². The Morgan fingerprint density at radius 3 is 2.67 bits per heavy atom. The summed E-state index contributed by atoms with van der Waals surface area (Å²) in [7, 11) is 0. The maximum Gasteiger partial charge on any atom is 0.280 e. The highest BCUT2D eigenvalue weighted by Gasteiger charge is 2.11. The normalized spacial score (nSPS) is 11.3. The smallest absolute Gasteiger partial charge is 0.247 e. The Morgan fingerprint density at radius 2 is 2.00 bits per heavy atom. The van der Waals surface area contributed by atoms with Gasteiger partial charge in [0.25, 0.3) is 6.43 Å². The lowest BCUT2D eigenvalue weighted by Crippen LogP contribution is -1.93. The minimum Gasteiger partial charge on any atom is -0.247 e. The Kier molecular flexibility index (Phi) is 2.69. The Bertz CT molecular complexity index is 511. The molecule has 78 valence electrons. The molecular formula is C11H8BrF2N. The second kappa shape index (κ2) is 3.85. The van der Waals surface area contributed by atoms with Crippen LogP contribution in [-0.2, 0) is 0 Å². The van der Waals surface area contributed by atoms with Gasteiger partial charge in [-0.2, -0.15) is 0 Å². The molecule has 0 fully saturated rings. The van der Waals surface area contributed by atoms with Crippen LogP contribution in [0.3, 0.4) is 0 Å². The Morgan fingerprint density at radius 1 is 1.27 bits per heavy atom. The van der Waals surface area contributed by atoms with Crippen molar-refractivity contribution in [3.05, 3.63) is 40.0 Å². The number of aryl methyl sites for hydroxylation is 1. The minimum atomic E-state index is -2.52. The molecule has 0 aliphatic heterocycles. The van der Waals surface area contributed by atoms with E-state index in [1.54, 1.807) is 6.07 Å². The summed E-state index contributed by atoms with van der Waals surface area (Å²) < 4.78 is 25.8. The van der Waals surface area contributed by atoms with Gasteiger partial charge in [0.15, 0.2) is 0 Å². The first kappa shape index (κ1) is 10.5. The van der Waals surface area contributed by atoms with Crippen molar-refractivity contribution in [2.75, 3.05) is 0 Å². The first-order valence-corrected chi connectivity index (χ1v) is 5.22. The van der Waals surface area contributed by atoms with E-state index in [-0.39, 0.29) is 5.69 Å². The summed E-state index contributed by atoms with van der Waals surface area (Å²) in [5.74, 6) is 0. The fourth-order valence-electron chi connectivity index (χ4n) is 1.51. The molecule has 0 saturated carbocycles. The zero-order valence-electron chi connectivity index (χ0n) is 7.97. The number of alkyl halides is 2. The molecule has 0 N–H and O–H groups in total. The Hall–Kier alpha value is -1.03. The average Bonchev–Trinajstić information content (AvgIpc) is 2.16. The van der Waals surface area contributed by atoms with Crippen LogP contribution in [0.15, 0.2) is 28.7 Å². The van der Waals surface area contributed by atoms with Crippen molar-refractivity contribution in [2.45, 2.75) is 13.3 Å². The maximum atomic E-state index is 12.5. The summed E-state index contributed by atoms with van der Waals surface area (Å²) >= 11 is 3.29. The second-order valence-electron chi connectivity index (χ2n) is 3.33. The first-order chi connectivity index (χ1) is 7.08. The number of hydrogen-bond donors (Lipinski definition) is 0. The molecule has 0 saturated heterocycles. The number of aromatic nitrogens is 1. The second-order valence-corrected chi connectivity index (χ2v) is 4.24. The van der Waals surface area contributed by atoms with Crippen molar-refractivity contribution >= 4 is 26.8 Å². The molecule has 4 heteroatoms. The van der Waals surface area contributed by atoms with E-state index in [0.29, 0.717) is 5.52 Å². The van der Waals surface area contributed by atoms with E-state index < -0.39 is 6.43 Å². The van der Waals surface area contributed by atoms with Gasteiger partial charge in [0.1, 0.15) is 5.69 Å². The first-order valence-electron chi connectivity index (χ1n) is 4.43. The van der Waals surface area contributed by atoms with Crippen LogP contribution >= 0.6 is 15.9 Å². The van der Waals surface area contributed by atoms with E-state index in [1.807, 2.05) is 19.1 Å². The lowest BCUT2D eigenvalue weighted by molar-refractivity contribution is 0.146. The molecule has 1 heterocycles. The van der Waals surface area contributed by atoms with E-state index in [9.17, 15) is 8.78 Å². The van der Waals surface area contributed by atoms with Crippen molar-refractivity contribution in [1.29, 1.82) is 0 Å². The molecule has 2 rings (SSSR count). The topological polar surface area (TPSA) is 12.9 Å². The average molecular weight is 272 g/mol. The monoisotopic (exact) mass is 271 g/mol. The Labute approximate surface area is 94.3 Å². The molecule has 0 spiro atoms. The van der Waals surface area contributed by atoms with Gasteiger partial charge in [-0.3, -0.25) is 0 Å². The number of pyridine rings is 1. The largest absolute Gasteiger partial charge is 0.280 e. The van der Waals surface area contributed by atoms with Gasteiger partial charge in [-0.1, -0.05) is 22.0 Å². The number of rotatable bonds is 1. The summed E-state index contributed by atoms with van der Waals surface area (Å²) in [4.78, 5) is 3.92. The summed E-state index contributed by atoms with van der Waals surface area (Å²) in [6.45, 7) is 1.81. The lowest BCUT2D eigenvalue weighted by Gasteiger charge is -2.05. The lowest BCUT2D eigenvalue weighted by atomic mass is 10.1. The van der Waals surface area contributed by atoms with Gasteiger partial charge < -0.3 is 0 Å². The molecule has 15 heavy (non-hydrogen) atoms. The van der Waals surface area contributed by atoms with Gasteiger partial charge in [-0.15, -0.1) is 0 Å². The molecule has 0 aliphatic rings. The summed E-state index contributed by atoms with van der Waals surface area (Å²) in [6.07, 6.45) is -2.52. The molecule has 0 amide bonds. The van der Waals surface area contributed by atoms with Gasteiger partial charge >= 0.3 is 0 Å². The van der Waals surface area contributed by atoms with Gasteiger partial charge in [-0.05, 0) is 30.7 Å². The van der Waals surface area contributed by atoms with Crippen LogP contribution in [0, 0.1) is 6.92 Å². The highest BCUT2D eigenvalue weighted by molar-refractivity contribution is 9.10. The fraction of sp³-hybridized carbons (Fsp3) is 0.182. The molecular weight excluding hydrogens is 264 g/mol. The van der Waals surface area contributed by atoms with Crippen LogP contribution in [0.1, 0.15) is 17.7 Å². The zero-order chi connectivity index (χ0) is 11.0. The molecule has 1 aromatic heterocycles. The van der Waals surface area contributed by atoms with Gasteiger partial charge in [-0.25, -0.2) is 13.8 Å². The van der Waals surface area contributed by atoms with E-state index in [4.69, 9.17) is 0 Å². The molecule has 0 bridgehead atoms. The van der Waals surface area contributed by atoms with E-state index in [1.165, 1.54) is 6.07 Å². The number of fused-ring (bicyclic) bond motifs is 1. The predicted octanol–water partition coefficient (Wildman–Crippen LogP) is 4.24. The molecule has 0 radical (unpaired) electrons. The third kappa shape index (κ3) is 2.00. The summed E-state index contributed by atoms with van der Waals surface area (Å²) in [6, 6.07) is 6.92. The standard InChI is InChI=1S/C11H8BrF2N/c1-6-4-10(11(13)14)15-9-5-7(12)2-3-8(6)9/h2-5,11H,1H3. The van der Waals surface area contributed by atoms with E-state index in [2.05, 4.69) is 20.9 Å². The van der Waals surface area contributed by atoms with Gasteiger partial charge in [0, 0.05) is 9.86 Å². The van der Waals surface area contributed by atoms with Crippen molar-refractivity contribution in [3.8, 4) is 0 Å². The zero-order valence-corrected chi connectivity index (χ0v) is 9.55. The third-order valence-electron chi connectivity index (χ3n) is 2.22. The maximum absolute atomic E-state index is 12.5. The SMILES string of the molecule is Cc1cc(C(F)F)nc2cc(Br)ccc12. The summed E-state index contributed by atoms with van der Waals surface area (Å²) in [5.41, 5.74) is 1.25. The third-order valence-corrected chi connectivity index (χ3v) is 2.72. The van der Waals surface area contributed by atoms with Crippen molar-refractivity contribution in [3.63, 3.8) is 0 Å². The quantitative estimate of drug-likeness (QED) is 0.756. The predicted molar refractivity (Wildman–Crippen MR) is 59.1 cm³/mol. The molecule has 0 unspecified atom stereocenters. The van der Waals surface area contributed by atoms with E-state index >= 15 is 0 Å². The molecule has 2 aromatic rings. The summed E-state index contributed by atoms with van der Waals surface area (Å²) in [5, 5.41) is 0.905. The van der Waals surface area contributed by atoms with E-state index in [0.717, 1.165) is 15.4 Å². The Balaban J connectivity index is 2.74. The van der Waals surface area contributed by atoms with Crippen molar-refractivity contribution in [1.82, 2.24) is 4.98 Å². The molecule has 0 aliphatic carbocycles. The highest BCUT2D eigenvalue weighted by Crippen LogP contribution is 2.25. The number of nitrogens with zero attached hydrogens (tertiary/aromatic N) is 1. The molecule has 1 nitrogen and oxygen atoms in total. The van der Waals surface area contributed by atoms with Crippen LogP contribution in [0.25, 0.3) is 10.9 Å². The number of hydrogen-bond acceptors (Lipinski definition) is 1. The minimum absolute atomic E-state index is 0.168. The number of benzene rings is 1. The van der Waals surface area contributed by atoms with Crippen LogP contribution < -0.4 is 0 Å². The van der Waals surface area contributed by atoms with Crippen molar-refractivity contribution < 1.29 is 8.78 Å². The molecule has 1 aromatic carbocycles. The number of halogens is 3. The van der Waals surface area contributed by atoms with Gasteiger partial charge in [0.2, 0.25) is 0 Å². The fourth-order valence-corrected chi connectivity index (χ4v) is 1.86. The van der Waals surface area contributed by atoms with Crippen LogP contribution in [0.5, 0.6) is 0 Å². The van der Waals surface area contributed by atoms with Crippen molar-refractivity contribution in [2.24, 2.45) is 0 Å². The molecule has 0 atom stereocenters. The highest BCUT2D eigenvalue weighted by atomic mass is 79.9. The van der Waals surface area contributed by atoms with Crippen LogP contribution in [-0.4, -0.2) is 4.98 Å². The van der Waals surface area contributed by atoms with Crippen LogP contribution in [0.2, 0.25) is 0 Å². The van der Waals surface area contributed by atoms with Crippen LogP contribution in [0.4, 0.5) is 8.78 Å².